The van der Waals surface area contributed by atoms with Crippen molar-refractivity contribution in [3.8, 4) is 0 Å². The number of rotatable bonds is 4. The highest BCUT2D eigenvalue weighted by Gasteiger charge is 2.28. The van der Waals surface area contributed by atoms with E-state index in [9.17, 15) is 4.79 Å². The van der Waals surface area contributed by atoms with Gasteiger partial charge in [0.15, 0.2) is 5.82 Å². The molecule has 118 valence electrons. The zero-order chi connectivity index (χ0) is 15.5. The van der Waals surface area contributed by atoms with Gasteiger partial charge in [0.05, 0.1) is 17.9 Å². The molecule has 0 radical (unpaired) electrons. The molecule has 1 atom stereocenters. The summed E-state index contributed by atoms with van der Waals surface area (Å²) >= 11 is 0. The third kappa shape index (κ3) is 2.89. The Labute approximate surface area is 128 Å². The molecule has 1 fully saturated rings. The molecule has 0 unspecified atom stereocenters. The second kappa shape index (κ2) is 6.31. The van der Waals surface area contributed by atoms with Gasteiger partial charge in [-0.25, -0.2) is 0 Å². The van der Waals surface area contributed by atoms with Crippen molar-refractivity contribution in [1.29, 1.82) is 0 Å². The van der Waals surface area contributed by atoms with Gasteiger partial charge in [0.2, 0.25) is 5.89 Å². The molecule has 3 rings (SSSR count). The van der Waals surface area contributed by atoms with E-state index in [1.807, 2.05) is 11.8 Å². The van der Waals surface area contributed by atoms with Crippen molar-refractivity contribution in [1.82, 2.24) is 19.9 Å². The maximum Gasteiger partial charge on any atom is 0.257 e. The number of furan rings is 1. The summed E-state index contributed by atoms with van der Waals surface area (Å²) < 4.78 is 10.3. The molecular formula is C15H20N4O3. The van der Waals surface area contributed by atoms with Crippen molar-refractivity contribution in [2.45, 2.75) is 26.3 Å². The molecule has 0 spiro atoms. The number of hydrogen-bond acceptors (Lipinski definition) is 6. The number of amides is 1. The predicted octanol–water partition coefficient (Wildman–Crippen LogP) is 1.74. The van der Waals surface area contributed by atoms with Crippen LogP contribution in [0.15, 0.2) is 27.5 Å². The number of carbonyl (C=O) groups is 1. The molecule has 0 aliphatic carbocycles. The van der Waals surface area contributed by atoms with E-state index in [2.05, 4.69) is 22.0 Å². The van der Waals surface area contributed by atoms with Crippen LogP contribution in [0.4, 0.5) is 0 Å². The Bertz CT molecular complexity index is 615. The molecule has 3 heterocycles. The number of piperazine rings is 1. The summed E-state index contributed by atoms with van der Waals surface area (Å²) in [6, 6.07) is 1.76. The van der Waals surface area contributed by atoms with E-state index in [0.717, 1.165) is 25.3 Å². The van der Waals surface area contributed by atoms with E-state index in [1.165, 1.54) is 12.5 Å². The summed E-state index contributed by atoms with van der Waals surface area (Å²) in [5.74, 6) is 1.40. The lowest BCUT2D eigenvalue weighted by Gasteiger charge is -2.36. The molecule has 1 amide bonds. The highest BCUT2D eigenvalue weighted by molar-refractivity contribution is 5.93. The molecule has 7 nitrogen and oxygen atoms in total. The number of aryl methyl sites for hydroxylation is 1. The van der Waals surface area contributed by atoms with Crippen LogP contribution < -0.4 is 0 Å². The Morgan fingerprint density at radius 1 is 1.36 bits per heavy atom. The lowest BCUT2D eigenvalue weighted by molar-refractivity contribution is 0.0551. The maximum atomic E-state index is 12.3. The Morgan fingerprint density at radius 2 is 2.14 bits per heavy atom. The number of carbonyl (C=O) groups excluding carboxylic acids is 1. The third-order valence-corrected chi connectivity index (χ3v) is 4.07. The van der Waals surface area contributed by atoms with Crippen LogP contribution in [0.1, 0.15) is 42.0 Å². The van der Waals surface area contributed by atoms with Crippen molar-refractivity contribution >= 4 is 5.91 Å². The molecule has 1 saturated heterocycles. The minimum atomic E-state index is 0.0205. The monoisotopic (exact) mass is 304 g/mol. The van der Waals surface area contributed by atoms with E-state index in [-0.39, 0.29) is 11.9 Å². The van der Waals surface area contributed by atoms with Crippen LogP contribution in [0.25, 0.3) is 0 Å². The summed E-state index contributed by atoms with van der Waals surface area (Å²) in [5, 5.41) is 3.94. The summed E-state index contributed by atoms with van der Waals surface area (Å²) in [5.41, 5.74) is 0.603. The van der Waals surface area contributed by atoms with Gasteiger partial charge in [0.1, 0.15) is 6.26 Å². The van der Waals surface area contributed by atoms with Gasteiger partial charge in [-0.2, -0.15) is 4.98 Å². The van der Waals surface area contributed by atoms with Crippen LogP contribution in [-0.2, 0) is 6.42 Å². The van der Waals surface area contributed by atoms with Gasteiger partial charge in [-0.05, 0) is 13.0 Å². The van der Waals surface area contributed by atoms with Gasteiger partial charge in [0, 0.05) is 32.6 Å². The molecule has 0 aromatic carbocycles. The van der Waals surface area contributed by atoms with Gasteiger partial charge in [-0.1, -0.05) is 12.1 Å². The summed E-state index contributed by atoms with van der Waals surface area (Å²) in [7, 11) is 0. The Morgan fingerprint density at radius 3 is 2.73 bits per heavy atom. The van der Waals surface area contributed by atoms with Crippen LogP contribution in [0.3, 0.4) is 0 Å². The molecule has 2 aromatic heterocycles. The molecular weight excluding hydrogens is 284 g/mol. The fourth-order valence-electron chi connectivity index (χ4n) is 2.62. The molecule has 0 bridgehead atoms. The SMILES string of the molecule is CCc1noc([C@@H](C)N2CCN(C(=O)c3ccoc3)CC2)n1. The standard InChI is InChI=1S/C15H20N4O3/c1-3-13-16-14(22-17-13)11(2)18-5-7-19(8-6-18)15(20)12-4-9-21-10-12/h4,9-11H,3,5-8H2,1-2H3/t11-/m1/s1. The van der Waals surface area contributed by atoms with Crippen molar-refractivity contribution in [3.05, 3.63) is 35.9 Å². The first-order valence-corrected chi connectivity index (χ1v) is 7.57. The number of aromatic nitrogens is 2. The minimum Gasteiger partial charge on any atom is -0.472 e. The summed E-state index contributed by atoms with van der Waals surface area (Å²) in [4.78, 5) is 20.7. The quantitative estimate of drug-likeness (QED) is 0.856. The Balaban J connectivity index is 1.58. The van der Waals surface area contributed by atoms with E-state index in [0.29, 0.717) is 24.5 Å². The summed E-state index contributed by atoms with van der Waals surface area (Å²) in [6.07, 6.45) is 3.78. The smallest absolute Gasteiger partial charge is 0.257 e. The van der Waals surface area contributed by atoms with Crippen LogP contribution in [0, 0.1) is 0 Å². The van der Waals surface area contributed by atoms with E-state index in [1.54, 1.807) is 6.07 Å². The molecule has 1 aliphatic heterocycles. The highest BCUT2D eigenvalue weighted by Crippen LogP contribution is 2.21. The normalized spacial score (nSPS) is 17.6. The van der Waals surface area contributed by atoms with Gasteiger partial charge in [-0.15, -0.1) is 0 Å². The van der Waals surface area contributed by atoms with Crippen LogP contribution in [0.2, 0.25) is 0 Å². The topological polar surface area (TPSA) is 75.6 Å². The summed E-state index contributed by atoms with van der Waals surface area (Å²) in [6.45, 7) is 7.00. The zero-order valence-corrected chi connectivity index (χ0v) is 12.9. The van der Waals surface area contributed by atoms with Gasteiger partial charge < -0.3 is 13.8 Å². The van der Waals surface area contributed by atoms with E-state index < -0.39 is 0 Å². The van der Waals surface area contributed by atoms with Crippen molar-refractivity contribution in [2.24, 2.45) is 0 Å². The first-order valence-electron chi connectivity index (χ1n) is 7.57. The zero-order valence-electron chi connectivity index (χ0n) is 12.9. The average Bonchev–Trinajstić information content (AvgIpc) is 3.25. The Hall–Kier alpha value is -2.15. The lowest BCUT2D eigenvalue weighted by Crippen LogP contribution is -2.49. The molecule has 22 heavy (non-hydrogen) atoms. The van der Waals surface area contributed by atoms with Gasteiger partial charge in [-0.3, -0.25) is 9.69 Å². The molecule has 0 N–H and O–H groups in total. The fraction of sp³-hybridized carbons (Fsp3) is 0.533. The van der Waals surface area contributed by atoms with Gasteiger partial charge in [0.25, 0.3) is 5.91 Å². The maximum absolute atomic E-state index is 12.3. The van der Waals surface area contributed by atoms with Crippen molar-refractivity contribution in [2.75, 3.05) is 26.2 Å². The fourth-order valence-corrected chi connectivity index (χ4v) is 2.62. The van der Waals surface area contributed by atoms with Crippen LogP contribution in [-0.4, -0.2) is 52.0 Å². The van der Waals surface area contributed by atoms with Crippen LogP contribution in [0.5, 0.6) is 0 Å². The Kier molecular flexibility index (Phi) is 4.24. The van der Waals surface area contributed by atoms with Crippen LogP contribution >= 0.6 is 0 Å². The second-order valence-corrected chi connectivity index (χ2v) is 5.42. The molecule has 1 aliphatic rings. The van der Waals surface area contributed by atoms with Gasteiger partial charge >= 0.3 is 0 Å². The first-order chi connectivity index (χ1) is 10.7. The number of nitrogens with zero attached hydrogens (tertiary/aromatic N) is 4. The number of hydrogen-bond donors (Lipinski definition) is 0. The van der Waals surface area contributed by atoms with Crippen molar-refractivity contribution in [3.63, 3.8) is 0 Å². The largest absolute Gasteiger partial charge is 0.472 e. The molecule has 0 saturated carbocycles. The lowest BCUT2D eigenvalue weighted by atomic mass is 10.2. The second-order valence-electron chi connectivity index (χ2n) is 5.42. The van der Waals surface area contributed by atoms with Crippen molar-refractivity contribution < 1.29 is 13.7 Å². The first kappa shape index (κ1) is 14.8. The predicted molar refractivity (Wildman–Crippen MR) is 78.3 cm³/mol. The van der Waals surface area contributed by atoms with E-state index in [4.69, 9.17) is 8.94 Å². The third-order valence-electron chi connectivity index (χ3n) is 4.07. The molecule has 2 aromatic rings. The van der Waals surface area contributed by atoms with E-state index >= 15 is 0 Å². The highest BCUT2D eigenvalue weighted by atomic mass is 16.5. The average molecular weight is 304 g/mol. The minimum absolute atomic E-state index is 0.0205. The molecule has 7 heteroatoms.